The van der Waals surface area contributed by atoms with Crippen molar-refractivity contribution >= 4 is 118 Å². The predicted molar refractivity (Wildman–Crippen MR) is 215 cm³/mol. The smallest absolute Gasteiger partial charge is 0.179 e. The minimum absolute atomic E-state index is 0.800. The monoisotopic (exact) mass is 672 g/mol. The number of hydrogen-bond acceptors (Lipinski definition) is 4. The second-order valence-corrected chi connectivity index (χ2v) is 15.4. The van der Waals surface area contributed by atoms with Crippen LogP contribution in [0.25, 0.3) is 117 Å². The normalized spacial score (nSPS) is 12.4. The maximum absolute atomic E-state index is 6.81. The first-order valence-electron chi connectivity index (χ1n) is 16.8. The maximum Gasteiger partial charge on any atom is 0.179 e. The molecule has 0 fully saturated rings. The average molecular weight is 673 g/mol. The van der Waals surface area contributed by atoms with Crippen LogP contribution in [0.5, 0.6) is 0 Å². The van der Waals surface area contributed by atoms with E-state index in [-0.39, 0.29) is 0 Å². The summed E-state index contributed by atoms with van der Waals surface area (Å²) in [6, 6.07) is 52.8. The Hall–Kier alpha value is -5.94. The molecule has 0 amide bonds. The van der Waals surface area contributed by atoms with Crippen molar-refractivity contribution in [3.8, 4) is 22.3 Å². The van der Waals surface area contributed by atoms with Gasteiger partial charge in [0.2, 0.25) is 0 Å². The van der Waals surface area contributed by atoms with Crippen LogP contribution in [0.3, 0.4) is 0 Å². The molecule has 0 aliphatic heterocycles. The summed E-state index contributed by atoms with van der Waals surface area (Å²) in [4.78, 5) is 0. The van der Waals surface area contributed by atoms with Gasteiger partial charge in [0.05, 0.1) is 0 Å². The highest BCUT2D eigenvalue weighted by Crippen LogP contribution is 2.46. The van der Waals surface area contributed by atoms with E-state index in [1.807, 2.05) is 22.7 Å². The Balaban J connectivity index is 1.06. The number of thiophene rings is 2. The fourth-order valence-corrected chi connectivity index (χ4v) is 10.3. The second-order valence-electron chi connectivity index (χ2n) is 13.2. The topological polar surface area (TPSA) is 26.3 Å². The van der Waals surface area contributed by atoms with Crippen LogP contribution < -0.4 is 0 Å². The lowest BCUT2D eigenvalue weighted by Gasteiger charge is -2.04. The molecule has 12 aromatic rings. The zero-order valence-electron chi connectivity index (χ0n) is 26.5. The van der Waals surface area contributed by atoms with Crippen LogP contribution in [0.4, 0.5) is 0 Å². The van der Waals surface area contributed by atoms with E-state index in [0.29, 0.717) is 0 Å². The lowest BCUT2D eigenvalue weighted by atomic mass is 9.97. The summed E-state index contributed by atoms with van der Waals surface area (Å²) in [5.41, 5.74) is 7.97. The molecule has 8 aromatic carbocycles. The second kappa shape index (κ2) is 9.82. The van der Waals surface area contributed by atoms with Crippen molar-refractivity contribution < 1.29 is 8.83 Å². The van der Waals surface area contributed by atoms with Crippen LogP contribution in [-0.4, -0.2) is 0 Å². The van der Waals surface area contributed by atoms with E-state index in [1.54, 1.807) is 0 Å². The van der Waals surface area contributed by atoms with Crippen LogP contribution >= 0.6 is 22.7 Å². The highest BCUT2D eigenvalue weighted by Gasteiger charge is 2.22. The highest BCUT2D eigenvalue weighted by atomic mass is 32.1. The fourth-order valence-electron chi connectivity index (χ4n) is 8.14. The fraction of sp³-hybridized carbons (Fsp3) is 0. The van der Waals surface area contributed by atoms with Gasteiger partial charge in [-0.1, -0.05) is 84.9 Å². The summed E-state index contributed by atoms with van der Waals surface area (Å²) in [7, 11) is 0. The average Bonchev–Trinajstić information content (AvgIpc) is 3.93. The molecule has 0 N–H and O–H groups in total. The van der Waals surface area contributed by atoms with Crippen molar-refractivity contribution in [2.24, 2.45) is 0 Å². The molecule has 0 saturated carbocycles. The van der Waals surface area contributed by atoms with Gasteiger partial charge in [-0.2, -0.15) is 0 Å². The Morgan fingerprint density at radius 3 is 1.16 bits per heavy atom. The molecule has 0 unspecified atom stereocenters. The largest absolute Gasteiger partial charge is 0.452 e. The Bertz CT molecular complexity index is 3160. The van der Waals surface area contributed by atoms with Crippen molar-refractivity contribution in [1.82, 2.24) is 0 Å². The predicted octanol–water partition coefficient (Wildman–Crippen LogP) is 14.7. The molecule has 2 nitrogen and oxygen atoms in total. The first-order chi connectivity index (χ1) is 24.7. The number of benzene rings is 8. The van der Waals surface area contributed by atoms with Gasteiger partial charge in [0, 0.05) is 61.9 Å². The molecule has 232 valence electrons. The van der Waals surface area contributed by atoms with Crippen LogP contribution in [0.2, 0.25) is 0 Å². The van der Waals surface area contributed by atoms with E-state index in [4.69, 9.17) is 8.83 Å². The summed E-state index contributed by atoms with van der Waals surface area (Å²) < 4.78 is 18.9. The maximum atomic E-state index is 6.81. The van der Waals surface area contributed by atoms with E-state index in [9.17, 15) is 0 Å². The molecule has 0 atom stereocenters. The third-order valence-electron chi connectivity index (χ3n) is 10.5. The minimum atomic E-state index is 0.800. The molecule has 4 heterocycles. The van der Waals surface area contributed by atoms with Crippen LogP contribution in [-0.2, 0) is 0 Å². The van der Waals surface area contributed by atoms with E-state index in [1.165, 1.54) is 62.2 Å². The van der Waals surface area contributed by atoms with E-state index in [2.05, 4.69) is 146 Å². The summed E-state index contributed by atoms with van der Waals surface area (Å²) in [6.07, 6.45) is 0. The number of furan rings is 2. The lowest BCUT2D eigenvalue weighted by Crippen LogP contribution is -1.79. The van der Waals surface area contributed by atoms with Gasteiger partial charge in [0.15, 0.2) is 11.2 Å². The minimum Gasteiger partial charge on any atom is -0.452 e. The molecule has 4 aromatic heterocycles. The summed E-state index contributed by atoms with van der Waals surface area (Å²) in [6.45, 7) is 0. The van der Waals surface area contributed by atoms with Crippen molar-refractivity contribution in [3.63, 3.8) is 0 Å². The third kappa shape index (κ3) is 3.67. The quantitative estimate of drug-likeness (QED) is 0.183. The van der Waals surface area contributed by atoms with Gasteiger partial charge < -0.3 is 8.83 Å². The molecule has 4 heteroatoms. The summed E-state index contributed by atoms with van der Waals surface area (Å²) in [5, 5.41) is 12.0. The molecular formula is C46H24O2S2. The van der Waals surface area contributed by atoms with Crippen molar-refractivity contribution in [1.29, 1.82) is 0 Å². The molecule has 0 radical (unpaired) electrons. The van der Waals surface area contributed by atoms with Crippen molar-refractivity contribution in [3.05, 3.63) is 146 Å². The number of fused-ring (bicyclic) bond motifs is 16. The lowest BCUT2D eigenvalue weighted by molar-refractivity contribution is 0.634. The Morgan fingerprint density at radius 1 is 0.300 bits per heavy atom. The number of rotatable bonds is 2. The van der Waals surface area contributed by atoms with Gasteiger partial charge in [0.25, 0.3) is 0 Å². The first-order valence-corrected chi connectivity index (χ1v) is 18.5. The van der Waals surface area contributed by atoms with Gasteiger partial charge in [-0.25, -0.2) is 0 Å². The number of hydrogen-bond donors (Lipinski definition) is 0. The SMILES string of the molecule is c1ccc2c(c1)sc1ccc(-c3ccc4c(c3)oc3c5oc6cc(-c7ccc8sc9ccccc9c8c7)ccc6c5c5ccccc5c43)cc12. The van der Waals surface area contributed by atoms with Gasteiger partial charge >= 0.3 is 0 Å². The molecule has 0 spiro atoms. The van der Waals surface area contributed by atoms with E-state index < -0.39 is 0 Å². The van der Waals surface area contributed by atoms with E-state index in [0.717, 1.165) is 55.0 Å². The first kappa shape index (κ1) is 26.9. The molecule has 0 aliphatic rings. The molecule has 0 aliphatic carbocycles. The summed E-state index contributed by atoms with van der Waals surface area (Å²) >= 11 is 3.69. The molecule has 0 saturated heterocycles. The zero-order chi connectivity index (χ0) is 32.5. The molecule has 50 heavy (non-hydrogen) atoms. The van der Waals surface area contributed by atoms with Crippen molar-refractivity contribution in [2.75, 3.05) is 0 Å². The van der Waals surface area contributed by atoms with Gasteiger partial charge in [-0.15, -0.1) is 22.7 Å². The highest BCUT2D eigenvalue weighted by molar-refractivity contribution is 7.26. The van der Waals surface area contributed by atoms with Crippen LogP contribution in [0, 0.1) is 0 Å². The van der Waals surface area contributed by atoms with Crippen molar-refractivity contribution in [2.45, 2.75) is 0 Å². The molecule has 12 rings (SSSR count). The zero-order valence-corrected chi connectivity index (χ0v) is 28.1. The van der Waals surface area contributed by atoms with Gasteiger partial charge in [-0.05, 0) is 93.7 Å². The van der Waals surface area contributed by atoms with E-state index >= 15 is 0 Å². The standard InChI is InChI=1S/C46H24O2S2/c1-2-10-32-31(9-1)43-33-17-13-27(25-15-19-41-35(21-25)29-7-3-5-11-39(29)49-41)23-37(33)47-45(43)46-44(32)34-18-14-28(24-38(34)48-46)26-16-20-42-36(22-26)30-8-4-6-12-40(30)50-42/h1-24H. The Morgan fingerprint density at radius 2 is 0.680 bits per heavy atom. The molecular weight excluding hydrogens is 649 g/mol. The van der Waals surface area contributed by atoms with Gasteiger partial charge in [0.1, 0.15) is 11.2 Å². The molecule has 0 bridgehead atoms. The third-order valence-corrected chi connectivity index (χ3v) is 12.8. The van der Waals surface area contributed by atoms with Gasteiger partial charge in [-0.3, -0.25) is 0 Å². The Kier molecular flexibility index (Phi) is 5.29. The Labute approximate surface area is 293 Å². The summed E-state index contributed by atoms with van der Waals surface area (Å²) in [5.74, 6) is 0. The van der Waals surface area contributed by atoms with Crippen LogP contribution in [0.1, 0.15) is 0 Å². The van der Waals surface area contributed by atoms with Crippen LogP contribution in [0.15, 0.2) is 154 Å².